The van der Waals surface area contributed by atoms with Gasteiger partial charge in [-0.2, -0.15) is 8.42 Å². The number of unbranched alkanes of at least 4 members (excludes halogenated alkanes) is 19. The van der Waals surface area contributed by atoms with Crippen molar-refractivity contribution in [3.63, 3.8) is 0 Å². The van der Waals surface area contributed by atoms with Crippen LogP contribution in [0.1, 0.15) is 174 Å². The number of carbonyl (C=O) groups is 1. The van der Waals surface area contributed by atoms with Gasteiger partial charge in [0.2, 0.25) is 5.91 Å². The van der Waals surface area contributed by atoms with E-state index in [4.69, 9.17) is 0 Å². The fourth-order valence-electron chi connectivity index (χ4n) is 5.25. The molecule has 0 spiro atoms. The summed E-state index contributed by atoms with van der Waals surface area (Å²) in [7, 11) is -4.30. The lowest BCUT2D eigenvalue weighted by atomic mass is 10.0. The lowest BCUT2D eigenvalue weighted by molar-refractivity contribution is -0.122. The monoisotopic (exact) mass is 613 g/mol. The van der Waals surface area contributed by atoms with E-state index >= 15 is 0 Å². The van der Waals surface area contributed by atoms with Gasteiger partial charge in [-0.3, -0.25) is 9.35 Å². The Kier molecular flexibility index (Phi) is 29.0. The molecule has 0 saturated carbocycles. The zero-order valence-electron chi connectivity index (χ0n) is 27.4. The smallest absolute Gasteiger partial charge is 0.266 e. The zero-order valence-corrected chi connectivity index (χ0v) is 28.2. The number of amides is 1. The summed E-state index contributed by atoms with van der Waals surface area (Å²) < 4.78 is 32.3. The van der Waals surface area contributed by atoms with Crippen LogP contribution in [0.5, 0.6) is 0 Å². The van der Waals surface area contributed by atoms with Crippen LogP contribution in [-0.4, -0.2) is 41.9 Å². The molecule has 0 aliphatic heterocycles. The standard InChI is InChI=1S/C35H67NO5S/c1-3-5-7-9-11-13-14-15-16-17-18-19-20-21-23-25-27-29-31-35(38)36-33(32-42(39,40)41)34(37)30-28-26-24-22-12-10-8-6-4-2/h13-14,16-17,33-34,37H,3-12,15,18-32H2,1-2H3,(H,36,38)(H,39,40,41)/b14-13-,17-16-. The normalized spacial score (nSPS) is 13.7. The van der Waals surface area contributed by atoms with E-state index in [9.17, 15) is 22.9 Å². The van der Waals surface area contributed by atoms with E-state index in [1.54, 1.807) is 0 Å². The van der Waals surface area contributed by atoms with Crippen LogP contribution >= 0.6 is 0 Å². The van der Waals surface area contributed by atoms with Crippen molar-refractivity contribution >= 4 is 16.0 Å². The first-order valence-electron chi connectivity index (χ1n) is 17.5. The van der Waals surface area contributed by atoms with Crippen LogP contribution in [0, 0.1) is 0 Å². The first-order chi connectivity index (χ1) is 20.3. The van der Waals surface area contributed by atoms with Gasteiger partial charge in [0.15, 0.2) is 0 Å². The van der Waals surface area contributed by atoms with Gasteiger partial charge in [-0.15, -0.1) is 0 Å². The average Bonchev–Trinajstić information content (AvgIpc) is 2.94. The highest BCUT2D eigenvalue weighted by molar-refractivity contribution is 7.85. The van der Waals surface area contributed by atoms with E-state index in [0.717, 1.165) is 57.8 Å². The average molecular weight is 614 g/mol. The Hall–Kier alpha value is -1.18. The molecule has 0 aliphatic rings. The maximum absolute atomic E-state index is 12.4. The Morgan fingerprint density at radius 3 is 1.57 bits per heavy atom. The van der Waals surface area contributed by atoms with Crippen LogP contribution < -0.4 is 5.32 Å². The van der Waals surface area contributed by atoms with Crippen molar-refractivity contribution in [1.82, 2.24) is 5.32 Å². The number of hydrogen-bond acceptors (Lipinski definition) is 4. The molecule has 0 aromatic rings. The number of allylic oxidation sites excluding steroid dienone is 4. The fraction of sp³-hybridized carbons (Fsp3) is 0.857. The molecule has 248 valence electrons. The second-order valence-corrected chi connectivity index (χ2v) is 13.6. The number of aliphatic hydroxyl groups is 1. The van der Waals surface area contributed by atoms with E-state index in [1.807, 2.05) is 0 Å². The van der Waals surface area contributed by atoms with Gasteiger partial charge in [-0.05, 0) is 44.9 Å². The number of carbonyl (C=O) groups excluding carboxylic acids is 1. The van der Waals surface area contributed by atoms with Crippen molar-refractivity contribution in [1.29, 1.82) is 0 Å². The molecule has 2 unspecified atom stereocenters. The lowest BCUT2D eigenvalue weighted by Crippen LogP contribution is -2.47. The number of hydrogen-bond donors (Lipinski definition) is 3. The molecule has 3 N–H and O–H groups in total. The van der Waals surface area contributed by atoms with Crippen LogP contribution in [0.15, 0.2) is 24.3 Å². The van der Waals surface area contributed by atoms with E-state index in [1.165, 1.54) is 89.9 Å². The molecule has 0 radical (unpaired) electrons. The van der Waals surface area contributed by atoms with Crippen LogP contribution in [0.2, 0.25) is 0 Å². The van der Waals surface area contributed by atoms with Gasteiger partial charge in [-0.25, -0.2) is 0 Å². The molecule has 6 nitrogen and oxygen atoms in total. The van der Waals surface area contributed by atoms with E-state index in [0.29, 0.717) is 12.8 Å². The molecule has 0 rings (SSSR count). The molecule has 0 aliphatic carbocycles. The highest BCUT2D eigenvalue weighted by Crippen LogP contribution is 2.14. The molecule has 2 atom stereocenters. The predicted molar refractivity (Wildman–Crippen MR) is 179 cm³/mol. The van der Waals surface area contributed by atoms with Crippen LogP contribution in [-0.2, 0) is 14.9 Å². The van der Waals surface area contributed by atoms with E-state index in [-0.39, 0.29) is 5.91 Å². The Labute approximate surface area is 260 Å². The van der Waals surface area contributed by atoms with Gasteiger partial charge in [-0.1, -0.05) is 147 Å². The van der Waals surface area contributed by atoms with Crippen molar-refractivity contribution in [3.8, 4) is 0 Å². The van der Waals surface area contributed by atoms with Crippen LogP contribution in [0.25, 0.3) is 0 Å². The predicted octanol–water partition coefficient (Wildman–Crippen LogP) is 9.62. The zero-order chi connectivity index (χ0) is 31.2. The second-order valence-electron chi connectivity index (χ2n) is 12.1. The Morgan fingerprint density at radius 1 is 0.643 bits per heavy atom. The minimum atomic E-state index is -4.30. The Balaban J connectivity index is 3.91. The molecular formula is C35H67NO5S. The lowest BCUT2D eigenvalue weighted by Gasteiger charge is -2.23. The minimum Gasteiger partial charge on any atom is -0.391 e. The largest absolute Gasteiger partial charge is 0.391 e. The third-order valence-corrected chi connectivity index (χ3v) is 8.69. The van der Waals surface area contributed by atoms with E-state index < -0.39 is 28.0 Å². The van der Waals surface area contributed by atoms with Gasteiger partial charge >= 0.3 is 0 Å². The molecule has 0 aromatic carbocycles. The Bertz CT molecular complexity index is 765. The summed E-state index contributed by atoms with van der Waals surface area (Å²) in [6, 6.07) is -0.970. The summed E-state index contributed by atoms with van der Waals surface area (Å²) in [6.07, 6.45) is 35.6. The van der Waals surface area contributed by atoms with Crippen molar-refractivity contribution in [3.05, 3.63) is 24.3 Å². The molecule has 0 fully saturated rings. The minimum absolute atomic E-state index is 0.257. The molecule has 1 amide bonds. The fourth-order valence-corrected chi connectivity index (χ4v) is 6.01. The van der Waals surface area contributed by atoms with Gasteiger partial charge in [0.25, 0.3) is 10.1 Å². The molecule has 0 heterocycles. The molecule has 0 bridgehead atoms. The summed E-state index contributed by atoms with van der Waals surface area (Å²) in [6.45, 7) is 4.46. The summed E-state index contributed by atoms with van der Waals surface area (Å²) in [5.41, 5.74) is 0. The third kappa shape index (κ3) is 30.3. The Morgan fingerprint density at radius 2 is 1.07 bits per heavy atom. The second kappa shape index (κ2) is 29.9. The third-order valence-electron chi connectivity index (χ3n) is 7.91. The number of rotatable bonds is 31. The van der Waals surface area contributed by atoms with Crippen LogP contribution in [0.3, 0.4) is 0 Å². The van der Waals surface area contributed by atoms with E-state index in [2.05, 4.69) is 43.5 Å². The van der Waals surface area contributed by atoms with Crippen molar-refractivity contribution in [2.24, 2.45) is 0 Å². The number of nitrogens with one attached hydrogen (secondary N) is 1. The number of aliphatic hydroxyl groups excluding tert-OH is 1. The quantitative estimate of drug-likeness (QED) is 0.0410. The summed E-state index contributed by atoms with van der Waals surface area (Å²) in [4.78, 5) is 12.4. The maximum Gasteiger partial charge on any atom is 0.266 e. The van der Waals surface area contributed by atoms with Crippen molar-refractivity contribution in [2.45, 2.75) is 187 Å². The van der Waals surface area contributed by atoms with Gasteiger partial charge in [0, 0.05) is 6.42 Å². The summed E-state index contributed by atoms with van der Waals surface area (Å²) in [5, 5.41) is 13.2. The van der Waals surface area contributed by atoms with Crippen molar-refractivity contribution < 1.29 is 22.9 Å². The highest BCUT2D eigenvalue weighted by atomic mass is 32.2. The highest BCUT2D eigenvalue weighted by Gasteiger charge is 2.26. The first kappa shape index (κ1) is 40.8. The topological polar surface area (TPSA) is 104 Å². The van der Waals surface area contributed by atoms with Gasteiger partial charge < -0.3 is 10.4 Å². The van der Waals surface area contributed by atoms with Gasteiger partial charge in [0.1, 0.15) is 0 Å². The maximum atomic E-state index is 12.4. The van der Waals surface area contributed by atoms with Gasteiger partial charge in [0.05, 0.1) is 17.9 Å². The first-order valence-corrected chi connectivity index (χ1v) is 19.1. The summed E-state index contributed by atoms with van der Waals surface area (Å²) >= 11 is 0. The molecule has 0 saturated heterocycles. The molecule has 7 heteroatoms. The van der Waals surface area contributed by atoms with Crippen LogP contribution in [0.4, 0.5) is 0 Å². The molecule has 0 aromatic heterocycles. The van der Waals surface area contributed by atoms with Crippen molar-refractivity contribution in [2.75, 3.05) is 5.75 Å². The SMILES string of the molecule is CCCCCC/C=C\C/C=C\CCCCCCCCCC(=O)NC(CS(=O)(=O)O)C(O)CCCCCCCCCCC. The molecule has 42 heavy (non-hydrogen) atoms. The molecular weight excluding hydrogens is 546 g/mol. The summed E-state index contributed by atoms with van der Waals surface area (Å²) in [5.74, 6) is -0.907.